The molecular formula is C20H44. The molecule has 2 rings (SSSR count). The molecule has 0 bridgehead atoms. The minimum absolute atomic E-state index is 0. The maximum Gasteiger partial charge on any atom is -0.0417 e. The first kappa shape index (κ1) is 22.3. The second-order valence-electron chi connectivity index (χ2n) is 7.07. The summed E-state index contributed by atoms with van der Waals surface area (Å²) < 4.78 is 0. The van der Waals surface area contributed by atoms with E-state index in [0.29, 0.717) is 0 Å². The molecule has 0 heterocycles. The molecule has 0 unspecified atom stereocenters. The maximum atomic E-state index is 2.38. The minimum Gasteiger partial charge on any atom is -0.0776 e. The molecule has 0 nitrogen and oxygen atoms in total. The first-order chi connectivity index (χ1) is 8.65. The third-order valence-electron chi connectivity index (χ3n) is 5.43. The van der Waals surface area contributed by atoms with Gasteiger partial charge in [0.25, 0.3) is 0 Å². The monoisotopic (exact) mass is 284 g/mol. The van der Waals surface area contributed by atoms with E-state index in [9.17, 15) is 0 Å². The Labute approximate surface area is 131 Å². The van der Waals surface area contributed by atoms with Gasteiger partial charge in [-0.25, -0.2) is 0 Å². The predicted octanol–water partition coefficient (Wildman–Crippen LogP) is 7.72. The Morgan fingerprint density at radius 3 is 1.00 bits per heavy atom. The summed E-state index contributed by atoms with van der Waals surface area (Å²) in [5.41, 5.74) is 0. The largest absolute Gasteiger partial charge is 0.0776 e. The Bertz CT molecular complexity index is 158. The van der Waals surface area contributed by atoms with Crippen molar-refractivity contribution in [1.29, 1.82) is 0 Å². The summed E-state index contributed by atoms with van der Waals surface area (Å²) in [6.45, 7) is 9.40. The Morgan fingerprint density at radius 2 is 0.800 bits per heavy atom. The summed E-state index contributed by atoms with van der Waals surface area (Å²) >= 11 is 0. The van der Waals surface area contributed by atoms with Gasteiger partial charge in [-0.3, -0.25) is 0 Å². The van der Waals surface area contributed by atoms with Crippen LogP contribution in [0.4, 0.5) is 0 Å². The first-order valence-corrected chi connectivity index (χ1v) is 8.65. The zero-order valence-corrected chi connectivity index (χ0v) is 13.4. The molecule has 0 aromatic carbocycles. The van der Waals surface area contributed by atoms with Gasteiger partial charge in [-0.2, -0.15) is 0 Å². The highest BCUT2D eigenvalue weighted by molar-refractivity contribution is 4.68. The summed E-state index contributed by atoms with van der Waals surface area (Å²) in [5.74, 6) is 4.18. The molecule has 2 fully saturated rings. The van der Waals surface area contributed by atoms with Crippen molar-refractivity contribution in [3.05, 3.63) is 0 Å². The van der Waals surface area contributed by atoms with Gasteiger partial charge in [-0.1, -0.05) is 107 Å². The van der Waals surface area contributed by atoms with E-state index in [1.54, 1.807) is 0 Å². The van der Waals surface area contributed by atoms with Crippen molar-refractivity contribution in [2.45, 2.75) is 107 Å². The average molecular weight is 285 g/mol. The lowest BCUT2D eigenvalue weighted by molar-refractivity contribution is 0.284. The van der Waals surface area contributed by atoms with Crippen molar-refractivity contribution >= 4 is 0 Å². The number of hydrogen-bond donors (Lipinski definition) is 0. The zero-order valence-electron chi connectivity index (χ0n) is 13.4. The van der Waals surface area contributed by atoms with Crippen LogP contribution in [0, 0.1) is 23.7 Å². The molecule has 0 aliphatic heterocycles. The molecule has 0 aromatic heterocycles. The molecule has 0 heteroatoms. The molecule has 0 spiro atoms. The molecule has 0 radical (unpaired) electrons. The molecule has 0 amide bonds. The summed E-state index contributed by atoms with van der Waals surface area (Å²) in [7, 11) is 0. The van der Waals surface area contributed by atoms with E-state index in [4.69, 9.17) is 0 Å². The van der Waals surface area contributed by atoms with Crippen LogP contribution in [-0.2, 0) is 0 Å². The Hall–Kier alpha value is 0. The van der Waals surface area contributed by atoms with E-state index < -0.39 is 0 Å². The predicted molar refractivity (Wildman–Crippen MR) is 96.3 cm³/mol. The maximum absolute atomic E-state index is 2.38. The average Bonchev–Trinajstić information content (AvgIpc) is 2.41. The summed E-state index contributed by atoms with van der Waals surface area (Å²) in [4.78, 5) is 0. The SMILES string of the molecule is C.C.CCC1CCC(C)CC1.CCC1CCC(C)CC1. The van der Waals surface area contributed by atoms with E-state index >= 15 is 0 Å². The topological polar surface area (TPSA) is 0 Å². The molecule has 0 N–H and O–H groups in total. The second kappa shape index (κ2) is 12.7. The summed E-state index contributed by atoms with van der Waals surface area (Å²) in [5, 5.41) is 0. The molecule has 20 heavy (non-hydrogen) atoms. The highest BCUT2D eigenvalue weighted by Gasteiger charge is 2.16. The number of hydrogen-bond acceptors (Lipinski definition) is 0. The molecule has 0 saturated heterocycles. The first-order valence-electron chi connectivity index (χ1n) is 8.65. The highest BCUT2D eigenvalue weighted by Crippen LogP contribution is 2.30. The van der Waals surface area contributed by atoms with Crippen molar-refractivity contribution < 1.29 is 0 Å². The van der Waals surface area contributed by atoms with Crippen LogP contribution in [0.25, 0.3) is 0 Å². The molecule has 2 aliphatic rings. The lowest BCUT2D eigenvalue weighted by atomic mass is 9.82. The zero-order chi connectivity index (χ0) is 13.4. The molecule has 0 atom stereocenters. The van der Waals surface area contributed by atoms with Gasteiger partial charge in [-0.15, -0.1) is 0 Å². The van der Waals surface area contributed by atoms with Crippen molar-refractivity contribution in [2.24, 2.45) is 23.7 Å². The lowest BCUT2D eigenvalue weighted by Gasteiger charge is -2.24. The van der Waals surface area contributed by atoms with Crippen molar-refractivity contribution in [1.82, 2.24) is 0 Å². The molecule has 0 aromatic rings. The van der Waals surface area contributed by atoms with Crippen LogP contribution >= 0.6 is 0 Å². The van der Waals surface area contributed by atoms with Gasteiger partial charge in [0.05, 0.1) is 0 Å². The van der Waals surface area contributed by atoms with Crippen molar-refractivity contribution in [3.63, 3.8) is 0 Å². The highest BCUT2D eigenvalue weighted by atomic mass is 14.2. The van der Waals surface area contributed by atoms with Gasteiger partial charge in [0.1, 0.15) is 0 Å². The Morgan fingerprint density at radius 1 is 0.550 bits per heavy atom. The van der Waals surface area contributed by atoms with Gasteiger partial charge in [0.15, 0.2) is 0 Å². The molecule has 2 aliphatic carbocycles. The normalized spacial score (nSPS) is 33.0. The molecular weight excluding hydrogens is 240 g/mol. The van der Waals surface area contributed by atoms with E-state index in [-0.39, 0.29) is 14.9 Å². The van der Waals surface area contributed by atoms with E-state index in [1.165, 1.54) is 64.2 Å². The van der Waals surface area contributed by atoms with Crippen molar-refractivity contribution in [2.75, 3.05) is 0 Å². The molecule has 124 valence electrons. The fraction of sp³-hybridized carbons (Fsp3) is 1.00. The lowest BCUT2D eigenvalue weighted by Crippen LogP contribution is -2.10. The van der Waals surface area contributed by atoms with Crippen molar-refractivity contribution in [3.8, 4) is 0 Å². The third kappa shape index (κ3) is 9.03. The fourth-order valence-corrected chi connectivity index (χ4v) is 3.47. The van der Waals surface area contributed by atoms with Gasteiger partial charge >= 0.3 is 0 Å². The smallest absolute Gasteiger partial charge is 0.0417 e. The molecule has 2 saturated carbocycles. The standard InChI is InChI=1S/2C9H18.2CH4/c2*1-3-9-6-4-8(2)5-7-9;;/h2*8-9H,3-7H2,1-2H3;2*1H4. The van der Waals surface area contributed by atoms with Crippen LogP contribution in [-0.4, -0.2) is 0 Å². The van der Waals surface area contributed by atoms with Gasteiger partial charge < -0.3 is 0 Å². The minimum atomic E-state index is 0. The van der Waals surface area contributed by atoms with E-state index in [1.807, 2.05) is 0 Å². The van der Waals surface area contributed by atoms with Gasteiger partial charge in [0, 0.05) is 0 Å². The Balaban J connectivity index is 0. The van der Waals surface area contributed by atoms with E-state index in [2.05, 4.69) is 27.7 Å². The van der Waals surface area contributed by atoms with Crippen LogP contribution in [0.2, 0.25) is 0 Å². The van der Waals surface area contributed by atoms with Crippen LogP contribution in [0.3, 0.4) is 0 Å². The van der Waals surface area contributed by atoms with Crippen LogP contribution in [0.15, 0.2) is 0 Å². The summed E-state index contributed by atoms with van der Waals surface area (Å²) in [6, 6.07) is 0. The van der Waals surface area contributed by atoms with Crippen LogP contribution in [0.1, 0.15) is 107 Å². The third-order valence-corrected chi connectivity index (χ3v) is 5.43. The Kier molecular flexibility index (Phi) is 14.2. The van der Waals surface area contributed by atoms with Crippen LogP contribution < -0.4 is 0 Å². The summed E-state index contributed by atoms with van der Waals surface area (Å²) in [6.07, 6.45) is 14.7. The number of rotatable bonds is 2. The van der Waals surface area contributed by atoms with Crippen LogP contribution in [0.5, 0.6) is 0 Å². The quantitative estimate of drug-likeness (QED) is 0.487. The van der Waals surface area contributed by atoms with Gasteiger partial charge in [-0.05, 0) is 23.7 Å². The fourth-order valence-electron chi connectivity index (χ4n) is 3.47. The van der Waals surface area contributed by atoms with E-state index in [0.717, 1.165) is 23.7 Å². The van der Waals surface area contributed by atoms with Gasteiger partial charge in [0.2, 0.25) is 0 Å². The second-order valence-corrected chi connectivity index (χ2v) is 7.07.